The van der Waals surface area contributed by atoms with Crippen LogP contribution in [0.5, 0.6) is 0 Å². The van der Waals surface area contributed by atoms with Crippen LogP contribution in [-0.2, 0) is 14.3 Å². The van der Waals surface area contributed by atoms with Gasteiger partial charge >= 0.3 is 5.97 Å². The average Bonchev–Trinajstić information content (AvgIpc) is 2.28. The van der Waals surface area contributed by atoms with Crippen LogP contribution < -0.4 is 0 Å². The van der Waals surface area contributed by atoms with Crippen LogP contribution in [0.3, 0.4) is 0 Å². The van der Waals surface area contributed by atoms with Gasteiger partial charge in [0, 0.05) is 17.8 Å². The number of carbonyl (C=O) groups excluding carboxylic acids is 2. The lowest BCUT2D eigenvalue weighted by Gasteiger charge is -2.20. The molecule has 80 valence electrons. The number of ether oxygens (including phenoxy) is 1. The number of Topliss-reactive ketones (excluding diaryl/α,β-unsaturated/α-hetero) is 1. The Hall–Kier alpha value is -0.860. The van der Waals surface area contributed by atoms with Gasteiger partial charge in [-0.05, 0) is 0 Å². The Labute approximate surface area is 84.8 Å². The highest BCUT2D eigenvalue weighted by Crippen LogP contribution is 2.27. The van der Waals surface area contributed by atoms with Crippen molar-refractivity contribution < 1.29 is 14.3 Å². The van der Waals surface area contributed by atoms with Gasteiger partial charge in [0.2, 0.25) is 0 Å². The maximum absolute atomic E-state index is 11.7. The average molecular weight is 198 g/mol. The van der Waals surface area contributed by atoms with E-state index in [-0.39, 0.29) is 29.2 Å². The molecule has 0 aliphatic carbocycles. The molecule has 14 heavy (non-hydrogen) atoms. The molecule has 1 aliphatic heterocycles. The number of ketones is 1. The van der Waals surface area contributed by atoms with Crippen molar-refractivity contribution in [1.82, 2.24) is 0 Å². The summed E-state index contributed by atoms with van der Waals surface area (Å²) in [5.41, 5.74) is -0.339. The highest BCUT2D eigenvalue weighted by molar-refractivity contribution is 5.85. The molecule has 0 saturated carbocycles. The predicted molar refractivity (Wildman–Crippen MR) is 52.7 cm³/mol. The number of cyclic esters (lactones) is 1. The molecule has 3 heteroatoms. The Bertz CT molecular complexity index is 250. The zero-order valence-electron chi connectivity index (χ0n) is 9.29. The van der Waals surface area contributed by atoms with Gasteiger partial charge in [-0.3, -0.25) is 9.59 Å². The second kappa shape index (κ2) is 3.71. The van der Waals surface area contributed by atoms with Gasteiger partial charge in [0.25, 0.3) is 0 Å². The van der Waals surface area contributed by atoms with Crippen molar-refractivity contribution >= 4 is 11.8 Å². The smallest absolute Gasteiger partial charge is 0.306 e. The van der Waals surface area contributed by atoms with Gasteiger partial charge in [-0.2, -0.15) is 0 Å². The van der Waals surface area contributed by atoms with Crippen LogP contribution in [0, 0.1) is 11.3 Å². The molecule has 1 fully saturated rings. The summed E-state index contributed by atoms with van der Waals surface area (Å²) in [5, 5.41) is 0. The molecule has 2 unspecified atom stereocenters. The standard InChI is InChI=1S/C11H18O3/c1-7-5-10(13)14-8(7)6-9(12)11(2,3)4/h7-8H,5-6H2,1-4H3. The van der Waals surface area contributed by atoms with Gasteiger partial charge in [0.15, 0.2) is 0 Å². The van der Waals surface area contributed by atoms with Crippen molar-refractivity contribution in [2.24, 2.45) is 11.3 Å². The van der Waals surface area contributed by atoms with Crippen LogP contribution in [0.1, 0.15) is 40.5 Å². The van der Waals surface area contributed by atoms with E-state index in [1.807, 2.05) is 27.7 Å². The molecular weight excluding hydrogens is 180 g/mol. The first-order chi connectivity index (χ1) is 6.30. The van der Waals surface area contributed by atoms with Crippen molar-refractivity contribution in [1.29, 1.82) is 0 Å². The molecule has 0 spiro atoms. The van der Waals surface area contributed by atoms with E-state index in [0.29, 0.717) is 12.8 Å². The fraction of sp³-hybridized carbons (Fsp3) is 0.818. The normalized spacial score (nSPS) is 27.6. The molecule has 0 aromatic heterocycles. The van der Waals surface area contributed by atoms with Crippen molar-refractivity contribution in [2.45, 2.75) is 46.6 Å². The topological polar surface area (TPSA) is 43.4 Å². The van der Waals surface area contributed by atoms with Crippen LogP contribution >= 0.6 is 0 Å². The zero-order valence-corrected chi connectivity index (χ0v) is 9.29. The van der Waals surface area contributed by atoms with E-state index < -0.39 is 0 Å². The van der Waals surface area contributed by atoms with E-state index in [9.17, 15) is 9.59 Å². The van der Waals surface area contributed by atoms with Crippen molar-refractivity contribution in [3.8, 4) is 0 Å². The van der Waals surface area contributed by atoms with E-state index in [2.05, 4.69) is 0 Å². The number of esters is 1. The van der Waals surface area contributed by atoms with Crippen LogP contribution in [-0.4, -0.2) is 17.9 Å². The summed E-state index contributed by atoms with van der Waals surface area (Å²) < 4.78 is 5.08. The highest BCUT2D eigenvalue weighted by Gasteiger charge is 2.35. The van der Waals surface area contributed by atoms with Gasteiger partial charge in [0.05, 0.1) is 6.42 Å². The van der Waals surface area contributed by atoms with E-state index in [1.54, 1.807) is 0 Å². The minimum atomic E-state index is -0.339. The molecule has 0 aromatic carbocycles. The third-order valence-electron chi connectivity index (χ3n) is 2.63. The van der Waals surface area contributed by atoms with E-state index in [0.717, 1.165) is 0 Å². The van der Waals surface area contributed by atoms with Crippen molar-refractivity contribution in [2.75, 3.05) is 0 Å². The Morgan fingerprint density at radius 1 is 1.50 bits per heavy atom. The lowest BCUT2D eigenvalue weighted by atomic mass is 9.85. The second-order valence-corrected chi connectivity index (χ2v) is 5.09. The van der Waals surface area contributed by atoms with Crippen LogP contribution in [0.25, 0.3) is 0 Å². The quantitative estimate of drug-likeness (QED) is 0.637. The van der Waals surface area contributed by atoms with E-state index in [1.165, 1.54) is 0 Å². The van der Waals surface area contributed by atoms with Crippen LogP contribution in [0.15, 0.2) is 0 Å². The summed E-state index contributed by atoms with van der Waals surface area (Å²) in [4.78, 5) is 22.6. The van der Waals surface area contributed by atoms with Crippen molar-refractivity contribution in [3.05, 3.63) is 0 Å². The van der Waals surface area contributed by atoms with E-state index in [4.69, 9.17) is 4.74 Å². The minimum Gasteiger partial charge on any atom is -0.462 e. The monoisotopic (exact) mass is 198 g/mol. The maximum atomic E-state index is 11.7. The van der Waals surface area contributed by atoms with E-state index >= 15 is 0 Å². The molecule has 0 radical (unpaired) electrons. The fourth-order valence-corrected chi connectivity index (χ4v) is 1.46. The molecule has 1 rings (SSSR count). The Morgan fingerprint density at radius 2 is 2.07 bits per heavy atom. The molecule has 3 nitrogen and oxygen atoms in total. The number of hydrogen-bond acceptors (Lipinski definition) is 3. The Balaban J connectivity index is 2.53. The summed E-state index contributed by atoms with van der Waals surface area (Å²) >= 11 is 0. The summed E-state index contributed by atoms with van der Waals surface area (Å²) in [7, 11) is 0. The Morgan fingerprint density at radius 3 is 2.43 bits per heavy atom. The molecular formula is C11H18O3. The van der Waals surface area contributed by atoms with Crippen molar-refractivity contribution in [3.63, 3.8) is 0 Å². The first-order valence-corrected chi connectivity index (χ1v) is 5.03. The van der Waals surface area contributed by atoms with Gasteiger partial charge in [0.1, 0.15) is 11.9 Å². The third kappa shape index (κ3) is 2.56. The largest absolute Gasteiger partial charge is 0.462 e. The third-order valence-corrected chi connectivity index (χ3v) is 2.63. The number of rotatable bonds is 2. The summed E-state index contributed by atoms with van der Waals surface area (Å²) in [5.74, 6) is 0.155. The van der Waals surface area contributed by atoms with Gasteiger partial charge in [-0.1, -0.05) is 27.7 Å². The number of hydrogen-bond donors (Lipinski definition) is 0. The maximum Gasteiger partial charge on any atom is 0.306 e. The number of carbonyl (C=O) groups is 2. The first kappa shape index (κ1) is 11.2. The van der Waals surface area contributed by atoms with Gasteiger partial charge < -0.3 is 4.74 Å². The molecule has 0 aromatic rings. The zero-order chi connectivity index (χ0) is 10.9. The summed E-state index contributed by atoms with van der Waals surface area (Å²) in [6.45, 7) is 7.61. The highest BCUT2D eigenvalue weighted by atomic mass is 16.5. The molecule has 1 aliphatic rings. The predicted octanol–water partition coefficient (Wildman–Crippen LogP) is 1.94. The fourth-order valence-electron chi connectivity index (χ4n) is 1.46. The summed E-state index contributed by atoms with van der Waals surface area (Å²) in [6.07, 6.45) is 0.604. The molecule has 0 bridgehead atoms. The van der Waals surface area contributed by atoms with Gasteiger partial charge in [-0.15, -0.1) is 0 Å². The molecule has 0 amide bonds. The van der Waals surface area contributed by atoms with Crippen LogP contribution in [0.4, 0.5) is 0 Å². The lowest BCUT2D eigenvalue weighted by Crippen LogP contribution is -2.27. The molecule has 0 N–H and O–H groups in total. The second-order valence-electron chi connectivity index (χ2n) is 5.09. The molecule has 1 heterocycles. The SMILES string of the molecule is CC1CC(=O)OC1CC(=O)C(C)(C)C. The first-order valence-electron chi connectivity index (χ1n) is 5.03. The minimum absolute atomic E-state index is 0.157. The Kier molecular flexibility index (Phi) is 2.98. The lowest BCUT2D eigenvalue weighted by molar-refractivity contribution is -0.143. The summed E-state index contributed by atoms with van der Waals surface area (Å²) in [6, 6.07) is 0. The van der Waals surface area contributed by atoms with Crippen LogP contribution in [0.2, 0.25) is 0 Å². The molecule has 2 atom stereocenters. The van der Waals surface area contributed by atoms with Gasteiger partial charge in [-0.25, -0.2) is 0 Å². The molecule has 1 saturated heterocycles.